The summed E-state index contributed by atoms with van der Waals surface area (Å²) >= 11 is 0. The number of H-pyrrole nitrogens is 1. The summed E-state index contributed by atoms with van der Waals surface area (Å²) in [6, 6.07) is 23.6. The first-order valence-electron chi connectivity index (χ1n) is 11.5. The van der Waals surface area contributed by atoms with Crippen LogP contribution in [-0.2, 0) is 24.2 Å². The first-order valence-corrected chi connectivity index (χ1v) is 11.5. The molecule has 34 heavy (non-hydrogen) atoms. The van der Waals surface area contributed by atoms with Gasteiger partial charge < -0.3 is 14.5 Å². The number of benzene rings is 3. The molecule has 172 valence electrons. The minimum absolute atomic E-state index is 0.247. The zero-order valence-corrected chi connectivity index (χ0v) is 19.2. The van der Waals surface area contributed by atoms with Gasteiger partial charge in [-0.3, -0.25) is 4.98 Å². The van der Waals surface area contributed by atoms with Crippen molar-refractivity contribution in [3.63, 3.8) is 0 Å². The predicted molar refractivity (Wildman–Crippen MR) is 134 cm³/mol. The van der Waals surface area contributed by atoms with Crippen LogP contribution in [0.4, 0.5) is 4.39 Å². The summed E-state index contributed by atoms with van der Waals surface area (Å²) < 4.78 is 25.2. The summed E-state index contributed by atoms with van der Waals surface area (Å²) in [6.07, 6.45) is 4.28. The van der Waals surface area contributed by atoms with E-state index >= 15 is 0 Å². The van der Waals surface area contributed by atoms with Gasteiger partial charge in [0, 0.05) is 35.5 Å². The molecule has 1 N–H and O–H groups in total. The molecule has 2 aromatic heterocycles. The van der Waals surface area contributed by atoms with Crippen LogP contribution in [0.1, 0.15) is 28.8 Å². The zero-order chi connectivity index (χ0) is 23.3. The van der Waals surface area contributed by atoms with Gasteiger partial charge in [0.2, 0.25) is 0 Å². The standard InChI is InChI=1S/C29H27FN2O2/c1-33-27-14-13-21(16-24(27)30)17-26-29-28(23-11-5-6-12-25(23)32-29)22(18-31-26)10-7-15-34-19-20-8-3-2-4-9-20/h2-6,8-9,11-14,16,18,32H,7,10,15,17,19H2,1H3. The number of rotatable bonds is 9. The molecule has 0 saturated heterocycles. The van der Waals surface area contributed by atoms with Crippen LogP contribution in [0.15, 0.2) is 79.0 Å². The van der Waals surface area contributed by atoms with Gasteiger partial charge in [0.15, 0.2) is 11.6 Å². The van der Waals surface area contributed by atoms with Gasteiger partial charge in [0.25, 0.3) is 0 Å². The van der Waals surface area contributed by atoms with Crippen molar-refractivity contribution in [2.45, 2.75) is 25.9 Å². The highest BCUT2D eigenvalue weighted by atomic mass is 19.1. The number of hydrogen-bond donors (Lipinski definition) is 1. The molecular weight excluding hydrogens is 427 g/mol. The Labute approximate surface area is 198 Å². The monoisotopic (exact) mass is 454 g/mol. The molecule has 0 aliphatic heterocycles. The maximum atomic E-state index is 14.2. The highest BCUT2D eigenvalue weighted by molar-refractivity contribution is 6.09. The summed E-state index contributed by atoms with van der Waals surface area (Å²) in [5, 5.41) is 2.37. The highest BCUT2D eigenvalue weighted by Gasteiger charge is 2.15. The van der Waals surface area contributed by atoms with E-state index in [4.69, 9.17) is 14.5 Å². The summed E-state index contributed by atoms with van der Waals surface area (Å²) in [5.41, 5.74) is 6.23. The van der Waals surface area contributed by atoms with Gasteiger partial charge in [0.05, 0.1) is 24.9 Å². The van der Waals surface area contributed by atoms with Crippen LogP contribution in [0.3, 0.4) is 0 Å². The molecule has 0 spiro atoms. The Hall–Kier alpha value is -3.70. The molecular formula is C29H27FN2O2. The molecule has 0 unspecified atom stereocenters. The molecule has 0 amide bonds. The Morgan fingerprint density at radius 3 is 2.59 bits per heavy atom. The van der Waals surface area contributed by atoms with Crippen molar-refractivity contribution in [1.29, 1.82) is 0 Å². The lowest BCUT2D eigenvalue weighted by molar-refractivity contribution is 0.119. The number of ether oxygens (including phenoxy) is 2. The van der Waals surface area contributed by atoms with E-state index in [9.17, 15) is 4.39 Å². The minimum atomic E-state index is -0.361. The quantitative estimate of drug-likeness (QED) is 0.255. The van der Waals surface area contributed by atoms with Crippen molar-refractivity contribution in [3.8, 4) is 5.75 Å². The fraction of sp³-hybridized carbons (Fsp3) is 0.207. The molecule has 0 bridgehead atoms. The molecule has 0 aliphatic carbocycles. The van der Waals surface area contributed by atoms with Crippen molar-refractivity contribution in [2.75, 3.05) is 13.7 Å². The van der Waals surface area contributed by atoms with Crippen molar-refractivity contribution < 1.29 is 13.9 Å². The molecule has 0 aliphatic rings. The highest BCUT2D eigenvalue weighted by Crippen LogP contribution is 2.31. The second-order valence-electron chi connectivity index (χ2n) is 8.44. The van der Waals surface area contributed by atoms with E-state index < -0.39 is 0 Å². The van der Waals surface area contributed by atoms with Crippen LogP contribution in [0.2, 0.25) is 0 Å². The van der Waals surface area contributed by atoms with E-state index in [0.717, 1.165) is 35.1 Å². The Balaban J connectivity index is 1.38. The number of halogens is 1. The van der Waals surface area contributed by atoms with E-state index in [1.165, 1.54) is 35.1 Å². The molecule has 2 heterocycles. The van der Waals surface area contributed by atoms with Gasteiger partial charge in [0.1, 0.15) is 0 Å². The summed E-state index contributed by atoms with van der Waals surface area (Å²) in [7, 11) is 1.47. The minimum Gasteiger partial charge on any atom is -0.494 e. The van der Waals surface area contributed by atoms with Gasteiger partial charge in [-0.15, -0.1) is 0 Å². The summed E-state index contributed by atoms with van der Waals surface area (Å²) in [4.78, 5) is 8.35. The molecule has 5 heteroatoms. The number of fused-ring (bicyclic) bond motifs is 3. The lowest BCUT2D eigenvalue weighted by Gasteiger charge is -2.10. The molecule has 4 nitrogen and oxygen atoms in total. The average Bonchev–Trinajstić information content (AvgIpc) is 3.26. The fourth-order valence-electron chi connectivity index (χ4n) is 4.44. The van der Waals surface area contributed by atoms with E-state index in [-0.39, 0.29) is 11.6 Å². The number of nitrogens with one attached hydrogen (secondary N) is 1. The van der Waals surface area contributed by atoms with Gasteiger partial charge in [-0.1, -0.05) is 54.6 Å². The number of nitrogens with zero attached hydrogens (tertiary/aromatic N) is 1. The lowest BCUT2D eigenvalue weighted by Crippen LogP contribution is -2.01. The third-order valence-electron chi connectivity index (χ3n) is 6.13. The largest absolute Gasteiger partial charge is 0.494 e. The predicted octanol–water partition coefficient (Wildman–Crippen LogP) is 6.60. The first-order chi connectivity index (χ1) is 16.7. The number of aryl methyl sites for hydroxylation is 1. The lowest BCUT2D eigenvalue weighted by atomic mass is 10.0. The summed E-state index contributed by atoms with van der Waals surface area (Å²) in [6.45, 7) is 1.31. The van der Waals surface area contributed by atoms with Crippen LogP contribution in [0.25, 0.3) is 21.8 Å². The third-order valence-corrected chi connectivity index (χ3v) is 6.13. The number of aromatic amines is 1. The first kappa shape index (κ1) is 22.1. The topological polar surface area (TPSA) is 47.1 Å². The van der Waals surface area contributed by atoms with Gasteiger partial charge in [-0.2, -0.15) is 0 Å². The number of para-hydroxylation sites is 1. The van der Waals surface area contributed by atoms with Gasteiger partial charge in [-0.25, -0.2) is 4.39 Å². The van der Waals surface area contributed by atoms with Gasteiger partial charge in [-0.05, 0) is 47.7 Å². The van der Waals surface area contributed by atoms with E-state index in [2.05, 4.69) is 35.3 Å². The van der Waals surface area contributed by atoms with E-state index in [1.54, 1.807) is 6.07 Å². The maximum absolute atomic E-state index is 14.2. The van der Waals surface area contributed by atoms with Crippen LogP contribution >= 0.6 is 0 Å². The van der Waals surface area contributed by atoms with E-state index in [0.29, 0.717) is 19.6 Å². The van der Waals surface area contributed by atoms with E-state index in [1.807, 2.05) is 36.5 Å². The molecule has 3 aromatic carbocycles. The maximum Gasteiger partial charge on any atom is 0.165 e. The Morgan fingerprint density at radius 1 is 0.941 bits per heavy atom. The van der Waals surface area contributed by atoms with Crippen LogP contribution < -0.4 is 4.74 Å². The molecule has 0 radical (unpaired) electrons. The van der Waals surface area contributed by atoms with Crippen LogP contribution in [-0.4, -0.2) is 23.7 Å². The normalized spacial score (nSPS) is 11.4. The smallest absolute Gasteiger partial charge is 0.165 e. The number of methoxy groups -OCH3 is 1. The molecule has 5 rings (SSSR count). The average molecular weight is 455 g/mol. The van der Waals surface area contributed by atoms with Crippen molar-refractivity contribution in [3.05, 3.63) is 107 Å². The number of hydrogen-bond acceptors (Lipinski definition) is 3. The third kappa shape index (κ3) is 4.66. The Morgan fingerprint density at radius 2 is 1.76 bits per heavy atom. The molecule has 5 aromatic rings. The Kier molecular flexibility index (Phi) is 6.54. The second-order valence-corrected chi connectivity index (χ2v) is 8.44. The van der Waals surface area contributed by atoms with Crippen LogP contribution in [0.5, 0.6) is 5.75 Å². The molecule has 0 fully saturated rings. The zero-order valence-electron chi connectivity index (χ0n) is 19.2. The number of aromatic nitrogens is 2. The SMILES string of the molecule is COc1ccc(Cc2ncc(CCCOCc3ccccc3)c3c2[nH]c2ccccc23)cc1F. The van der Waals surface area contributed by atoms with Gasteiger partial charge >= 0.3 is 0 Å². The molecule has 0 atom stereocenters. The number of pyridine rings is 1. The van der Waals surface area contributed by atoms with Crippen molar-refractivity contribution in [2.24, 2.45) is 0 Å². The van der Waals surface area contributed by atoms with Crippen LogP contribution in [0, 0.1) is 5.82 Å². The Bertz CT molecular complexity index is 1410. The van der Waals surface area contributed by atoms with Crippen molar-refractivity contribution in [1.82, 2.24) is 9.97 Å². The second kappa shape index (κ2) is 10.1. The molecule has 0 saturated carbocycles. The summed E-state index contributed by atoms with van der Waals surface area (Å²) in [5.74, 6) is -0.114. The van der Waals surface area contributed by atoms with Crippen molar-refractivity contribution >= 4 is 21.8 Å². The fourth-order valence-corrected chi connectivity index (χ4v) is 4.44.